The monoisotopic (exact) mass is 414 g/mol. The lowest BCUT2D eigenvalue weighted by Gasteiger charge is -2.38. The number of amides is 2. The number of rotatable bonds is 6. The van der Waals surface area contributed by atoms with E-state index in [0.29, 0.717) is 0 Å². The summed E-state index contributed by atoms with van der Waals surface area (Å²) in [6, 6.07) is 3.05. The molecule has 1 aromatic carbocycles. The van der Waals surface area contributed by atoms with E-state index in [1.165, 1.54) is 12.1 Å². The number of benzene rings is 1. The second kappa shape index (κ2) is 8.68. The van der Waals surface area contributed by atoms with Crippen molar-refractivity contribution >= 4 is 23.2 Å². The molecule has 29 heavy (non-hydrogen) atoms. The van der Waals surface area contributed by atoms with E-state index in [9.17, 15) is 22.8 Å². The highest BCUT2D eigenvalue weighted by molar-refractivity contribution is 5.98. The van der Waals surface area contributed by atoms with Gasteiger partial charge in [0.15, 0.2) is 0 Å². The first kappa shape index (κ1) is 21.5. The third kappa shape index (κ3) is 4.71. The zero-order chi connectivity index (χ0) is 21.2. The highest BCUT2D eigenvalue weighted by atomic mass is 19.4. The summed E-state index contributed by atoms with van der Waals surface area (Å²) >= 11 is 0. The number of alkyl halides is 3. The van der Waals surface area contributed by atoms with Crippen molar-refractivity contribution in [2.75, 3.05) is 43.6 Å². The third-order valence-corrected chi connectivity index (χ3v) is 5.51. The number of carbonyl (C=O) groups is 2. The number of nitrogens with one attached hydrogen (secondary N) is 1. The molecule has 2 fully saturated rings. The molecule has 2 amide bonds. The van der Waals surface area contributed by atoms with Crippen LogP contribution < -0.4 is 16.0 Å². The SMILES string of the molecule is CN(C1CCC1)[C@H](CN)C(=O)Nc1ccc(N2CCOCC2=O)c(C(F)(F)F)c1. The molecule has 1 aromatic rings. The van der Waals surface area contributed by atoms with Crippen LogP contribution in [0.3, 0.4) is 0 Å². The van der Waals surface area contributed by atoms with Gasteiger partial charge in [-0.05, 0) is 38.1 Å². The van der Waals surface area contributed by atoms with Gasteiger partial charge < -0.3 is 20.7 Å². The van der Waals surface area contributed by atoms with E-state index < -0.39 is 29.6 Å². The Balaban J connectivity index is 1.82. The number of hydrogen-bond donors (Lipinski definition) is 2. The first-order chi connectivity index (χ1) is 13.7. The van der Waals surface area contributed by atoms with Crippen molar-refractivity contribution in [3.8, 4) is 0 Å². The maximum Gasteiger partial charge on any atom is 0.418 e. The van der Waals surface area contributed by atoms with E-state index >= 15 is 0 Å². The Bertz CT molecular complexity index is 768. The second-order valence-electron chi connectivity index (χ2n) is 7.32. The largest absolute Gasteiger partial charge is 0.418 e. The van der Waals surface area contributed by atoms with Gasteiger partial charge >= 0.3 is 6.18 Å². The quantitative estimate of drug-likeness (QED) is 0.742. The van der Waals surface area contributed by atoms with Crippen LogP contribution in [0.15, 0.2) is 18.2 Å². The maximum absolute atomic E-state index is 13.6. The number of nitrogens with zero attached hydrogens (tertiary/aromatic N) is 2. The van der Waals surface area contributed by atoms with Gasteiger partial charge in [0.25, 0.3) is 5.91 Å². The molecule has 3 rings (SSSR count). The van der Waals surface area contributed by atoms with E-state index in [1.54, 1.807) is 7.05 Å². The van der Waals surface area contributed by atoms with Crippen LogP contribution in [-0.4, -0.2) is 62.1 Å². The van der Waals surface area contributed by atoms with Gasteiger partial charge in [0.05, 0.1) is 17.9 Å². The first-order valence-electron chi connectivity index (χ1n) is 9.54. The van der Waals surface area contributed by atoms with Gasteiger partial charge in [-0.25, -0.2) is 0 Å². The third-order valence-electron chi connectivity index (χ3n) is 5.51. The summed E-state index contributed by atoms with van der Waals surface area (Å²) in [5.74, 6) is -0.992. The van der Waals surface area contributed by atoms with Crippen LogP contribution in [-0.2, 0) is 20.5 Å². The van der Waals surface area contributed by atoms with Crippen molar-refractivity contribution in [3.05, 3.63) is 23.8 Å². The molecule has 0 aromatic heterocycles. The van der Waals surface area contributed by atoms with E-state index in [4.69, 9.17) is 10.5 Å². The number of ether oxygens (including phenoxy) is 1. The number of carbonyl (C=O) groups excluding carboxylic acids is 2. The maximum atomic E-state index is 13.6. The van der Waals surface area contributed by atoms with Crippen molar-refractivity contribution in [2.24, 2.45) is 5.73 Å². The number of morpholine rings is 1. The average Bonchev–Trinajstić information content (AvgIpc) is 2.60. The molecule has 3 N–H and O–H groups in total. The van der Waals surface area contributed by atoms with Crippen LogP contribution in [0.25, 0.3) is 0 Å². The average molecular weight is 414 g/mol. The molecule has 160 valence electrons. The van der Waals surface area contributed by atoms with E-state index in [-0.39, 0.29) is 43.7 Å². The summed E-state index contributed by atoms with van der Waals surface area (Å²) in [7, 11) is 1.80. The van der Waals surface area contributed by atoms with E-state index in [0.717, 1.165) is 30.2 Å². The van der Waals surface area contributed by atoms with Gasteiger partial charge in [0.1, 0.15) is 12.6 Å². The lowest BCUT2D eigenvalue weighted by Crippen LogP contribution is -2.52. The van der Waals surface area contributed by atoms with Crippen molar-refractivity contribution < 1.29 is 27.5 Å². The Morgan fingerprint density at radius 1 is 1.41 bits per heavy atom. The second-order valence-corrected chi connectivity index (χ2v) is 7.32. The summed E-state index contributed by atoms with van der Waals surface area (Å²) in [5.41, 5.74) is 4.52. The number of hydrogen-bond acceptors (Lipinski definition) is 5. The summed E-state index contributed by atoms with van der Waals surface area (Å²) in [4.78, 5) is 27.6. The van der Waals surface area contributed by atoms with Gasteiger partial charge in [-0.3, -0.25) is 14.5 Å². The van der Waals surface area contributed by atoms with Crippen LogP contribution in [0.5, 0.6) is 0 Å². The number of anilines is 2. The molecule has 0 unspecified atom stereocenters. The normalized spacial score (nSPS) is 19.2. The predicted molar refractivity (Wildman–Crippen MR) is 101 cm³/mol. The Labute approximate surface area is 167 Å². The highest BCUT2D eigenvalue weighted by Gasteiger charge is 2.37. The Morgan fingerprint density at radius 2 is 2.14 bits per heavy atom. The molecule has 10 heteroatoms. The van der Waals surface area contributed by atoms with Crippen LogP contribution >= 0.6 is 0 Å². The molecule has 1 atom stereocenters. The lowest BCUT2D eigenvalue weighted by molar-refractivity contribution is -0.137. The Hall–Kier alpha value is -2.17. The van der Waals surface area contributed by atoms with Crippen LogP contribution in [0.2, 0.25) is 0 Å². The molecule has 1 heterocycles. The fourth-order valence-electron chi connectivity index (χ4n) is 3.58. The van der Waals surface area contributed by atoms with Gasteiger partial charge in [-0.2, -0.15) is 13.2 Å². The molecular formula is C19H25F3N4O3. The number of likely N-dealkylation sites (N-methyl/N-ethyl adjacent to an activating group) is 1. The molecule has 1 aliphatic carbocycles. The van der Waals surface area contributed by atoms with Crippen molar-refractivity contribution in [1.29, 1.82) is 0 Å². The minimum atomic E-state index is -4.69. The molecular weight excluding hydrogens is 389 g/mol. The summed E-state index contributed by atoms with van der Waals surface area (Å²) in [5, 5.41) is 2.54. The minimum Gasteiger partial charge on any atom is -0.370 e. The summed E-state index contributed by atoms with van der Waals surface area (Å²) in [6.45, 7) is -0.00491. The van der Waals surface area contributed by atoms with Gasteiger partial charge in [-0.15, -0.1) is 0 Å². The molecule has 0 bridgehead atoms. The van der Waals surface area contributed by atoms with Crippen LogP contribution in [0.4, 0.5) is 24.5 Å². The van der Waals surface area contributed by atoms with Crippen molar-refractivity contribution in [3.63, 3.8) is 0 Å². The lowest BCUT2D eigenvalue weighted by atomic mass is 9.90. The molecule has 1 saturated carbocycles. The summed E-state index contributed by atoms with van der Waals surface area (Å²) < 4.78 is 45.9. The minimum absolute atomic E-state index is 0.00671. The summed E-state index contributed by atoms with van der Waals surface area (Å²) in [6.07, 6.45) is -1.66. The van der Waals surface area contributed by atoms with Gasteiger partial charge in [-0.1, -0.05) is 6.42 Å². The molecule has 2 aliphatic rings. The fourth-order valence-corrected chi connectivity index (χ4v) is 3.58. The number of halogens is 3. The molecule has 0 spiro atoms. The smallest absolute Gasteiger partial charge is 0.370 e. The Morgan fingerprint density at radius 3 is 2.69 bits per heavy atom. The van der Waals surface area contributed by atoms with Gasteiger partial charge in [0, 0.05) is 24.8 Å². The molecule has 1 aliphatic heterocycles. The molecule has 1 saturated heterocycles. The highest BCUT2D eigenvalue weighted by Crippen LogP contribution is 2.39. The predicted octanol–water partition coefficient (Wildman–Crippen LogP) is 1.82. The van der Waals surface area contributed by atoms with E-state index in [2.05, 4.69) is 5.32 Å². The first-order valence-corrected chi connectivity index (χ1v) is 9.54. The molecule has 7 nitrogen and oxygen atoms in total. The zero-order valence-corrected chi connectivity index (χ0v) is 16.2. The zero-order valence-electron chi connectivity index (χ0n) is 16.2. The van der Waals surface area contributed by atoms with E-state index in [1.807, 2.05) is 4.90 Å². The fraction of sp³-hybridized carbons (Fsp3) is 0.579. The standard InChI is InChI=1S/C19H25F3N4O3/c1-25(13-3-2-4-13)16(10-23)18(28)24-12-5-6-15(14(9-12)19(20,21)22)26-7-8-29-11-17(26)27/h5-6,9,13,16H,2-4,7-8,10-11,23H2,1H3,(H,24,28)/t16-/m1/s1. The molecule has 0 radical (unpaired) electrons. The van der Waals surface area contributed by atoms with Crippen molar-refractivity contribution in [1.82, 2.24) is 4.90 Å². The number of nitrogens with two attached hydrogens (primary N) is 1. The van der Waals surface area contributed by atoms with Crippen LogP contribution in [0.1, 0.15) is 24.8 Å². The Kier molecular flexibility index (Phi) is 6.45. The van der Waals surface area contributed by atoms with Gasteiger partial charge in [0.2, 0.25) is 5.91 Å². The van der Waals surface area contributed by atoms with Crippen LogP contribution in [0, 0.1) is 0 Å². The topological polar surface area (TPSA) is 87.9 Å². The van der Waals surface area contributed by atoms with Crippen molar-refractivity contribution in [2.45, 2.75) is 37.5 Å².